The molecule has 3 nitrogen and oxygen atoms in total. The Morgan fingerprint density at radius 3 is 2.62 bits per heavy atom. The van der Waals surface area contributed by atoms with Crippen molar-refractivity contribution in [3.8, 4) is 0 Å². The van der Waals surface area contributed by atoms with Gasteiger partial charge in [-0.05, 0) is 48.9 Å². The third kappa shape index (κ3) is 3.92. The van der Waals surface area contributed by atoms with Crippen LogP contribution in [0.4, 0.5) is 5.82 Å². The Balaban J connectivity index is 1.49. The summed E-state index contributed by atoms with van der Waals surface area (Å²) in [5.41, 5.74) is 2.33. The van der Waals surface area contributed by atoms with Gasteiger partial charge in [-0.3, -0.25) is 0 Å². The highest BCUT2D eigenvalue weighted by Crippen LogP contribution is 2.30. The van der Waals surface area contributed by atoms with Crippen molar-refractivity contribution >= 4 is 28.5 Å². The minimum atomic E-state index is 0.634. The second kappa shape index (κ2) is 7.67. The van der Waals surface area contributed by atoms with E-state index in [0.29, 0.717) is 6.54 Å². The Hall–Kier alpha value is -2.72. The number of rotatable bonds is 6. The molecular formula is C22H20N2OS. The van der Waals surface area contributed by atoms with Crippen molar-refractivity contribution in [3.63, 3.8) is 0 Å². The van der Waals surface area contributed by atoms with Gasteiger partial charge in [-0.1, -0.05) is 36.4 Å². The van der Waals surface area contributed by atoms with Gasteiger partial charge < -0.3 is 9.73 Å². The number of fused-ring (bicyclic) bond motifs is 1. The van der Waals surface area contributed by atoms with E-state index < -0.39 is 0 Å². The van der Waals surface area contributed by atoms with E-state index in [0.717, 1.165) is 28.6 Å². The summed E-state index contributed by atoms with van der Waals surface area (Å²) in [6.45, 7) is 2.58. The van der Waals surface area contributed by atoms with Crippen LogP contribution in [-0.2, 0) is 12.3 Å². The van der Waals surface area contributed by atoms with E-state index in [1.54, 1.807) is 0 Å². The Morgan fingerprint density at radius 1 is 0.923 bits per heavy atom. The zero-order chi connectivity index (χ0) is 17.8. The number of thioether (sulfide) groups is 1. The lowest BCUT2D eigenvalue weighted by Crippen LogP contribution is -2.00. The smallest absolute Gasteiger partial charge is 0.127 e. The normalized spacial score (nSPS) is 11.0. The number of nitrogens with zero attached hydrogens (tertiary/aromatic N) is 1. The quantitative estimate of drug-likeness (QED) is 0.425. The molecule has 0 atom stereocenters. The fraction of sp³-hybridized carbons (Fsp3) is 0.136. The molecule has 0 amide bonds. The van der Waals surface area contributed by atoms with E-state index in [9.17, 15) is 0 Å². The van der Waals surface area contributed by atoms with Gasteiger partial charge in [0.15, 0.2) is 0 Å². The summed E-state index contributed by atoms with van der Waals surface area (Å²) in [6, 6.07) is 25.0. The molecule has 0 unspecified atom stereocenters. The molecule has 4 aromatic rings. The average Bonchev–Trinajstić information content (AvgIpc) is 3.10. The van der Waals surface area contributed by atoms with Crippen LogP contribution in [0.1, 0.15) is 17.1 Å². The second-order valence-electron chi connectivity index (χ2n) is 6.16. The maximum absolute atomic E-state index is 5.59. The van der Waals surface area contributed by atoms with Gasteiger partial charge in [0.25, 0.3) is 0 Å². The lowest BCUT2D eigenvalue weighted by atomic mass is 10.2. The highest BCUT2D eigenvalue weighted by Gasteiger charge is 2.05. The highest BCUT2D eigenvalue weighted by molar-refractivity contribution is 7.98. The van der Waals surface area contributed by atoms with E-state index in [4.69, 9.17) is 9.40 Å². The van der Waals surface area contributed by atoms with Gasteiger partial charge in [-0.25, -0.2) is 4.98 Å². The summed E-state index contributed by atoms with van der Waals surface area (Å²) in [7, 11) is 0. The van der Waals surface area contributed by atoms with Crippen LogP contribution < -0.4 is 5.32 Å². The summed E-state index contributed by atoms with van der Waals surface area (Å²) in [5.74, 6) is 3.65. The van der Waals surface area contributed by atoms with E-state index in [1.165, 1.54) is 15.8 Å². The standard InChI is InChI=1S/C22H20N2OS/c1-16-10-11-18(25-16)14-23-22-13-12-19-20(24-22)8-5-9-21(19)26-15-17-6-3-2-4-7-17/h2-13H,14-15H2,1H3,(H,23,24). The zero-order valence-corrected chi connectivity index (χ0v) is 15.4. The molecular weight excluding hydrogens is 340 g/mol. The lowest BCUT2D eigenvalue weighted by Gasteiger charge is -2.09. The van der Waals surface area contributed by atoms with Crippen molar-refractivity contribution in [3.05, 3.63) is 89.9 Å². The van der Waals surface area contributed by atoms with Crippen LogP contribution in [0.25, 0.3) is 10.9 Å². The first-order valence-electron chi connectivity index (χ1n) is 8.63. The molecule has 0 aliphatic heterocycles. The van der Waals surface area contributed by atoms with E-state index in [2.05, 4.69) is 59.9 Å². The predicted molar refractivity (Wildman–Crippen MR) is 109 cm³/mol. The largest absolute Gasteiger partial charge is 0.465 e. The lowest BCUT2D eigenvalue weighted by molar-refractivity contribution is 0.490. The summed E-state index contributed by atoms with van der Waals surface area (Å²) < 4.78 is 5.59. The van der Waals surface area contributed by atoms with Gasteiger partial charge in [0.1, 0.15) is 17.3 Å². The monoisotopic (exact) mass is 360 g/mol. The molecule has 2 aromatic heterocycles. The zero-order valence-electron chi connectivity index (χ0n) is 14.6. The van der Waals surface area contributed by atoms with Crippen LogP contribution in [0.3, 0.4) is 0 Å². The first kappa shape index (κ1) is 16.7. The average molecular weight is 360 g/mol. The molecule has 26 heavy (non-hydrogen) atoms. The number of benzene rings is 2. The van der Waals surface area contributed by atoms with Gasteiger partial charge in [-0.2, -0.15) is 0 Å². The number of aryl methyl sites for hydroxylation is 1. The van der Waals surface area contributed by atoms with E-state index >= 15 is 0 Å². The highest BCUT2D eigenvalue weighted by atomic mass is 32.2. The van der Waals surface area contributed by atoms with Gasteiger partial charge in [0, 0.05) is 16.0 Å². The molecule has 0 bridgehead atoms. The minimum Gasteiger partial charge on any atom is -0.465 e. The van der Waals surface area contributed by atoms with Crippen molar-refractivity contribution in [2.75, 3.05) is 5.32 Å². The third-order valence-corrected chi connectivity index (χ3v) is 5.31. The first-order valence-corrected chi connectivity index (χ1v) is 9.62. The molecule has 0 aliphatic carbocycles. The molecule has 1 N–H and O–H groups in total. The van der Waals surface area contributed by atoms with Crippen molar-refractivity contribution < 1.29 is 4.42 Å². The number of furan rings is 1. The van der Waals surface area contributed by atoms with Crippen LogP contribution in [0, 0.1) is 6.92 Å². The van der Waals surface area contributed by atoms with E-state index in [-0.39, 0.29) is 0 Å². The molecule has 4 heteroatoms. The summed E-state index contributed by atoms with van der Waals surface area (Å²) in [4.78, 5) is 6.00. The van der Waals surface area contributed by atoms with Gasteiger partial charge >= 0.3 is 0 Å². The number of pyridine rings is 1. The fourth-order valence-electron chi connectivity index (χ4n) is 2.84. The van der Waals surface area contributed by atoms with Crippen molar-refractivity contribution in [1.29, 1.82) is 0 Å². The minimum absolute atomic E-state index is 0.634. The van der Waals surface area contributed by atoms with Gasteiger partial charge in [-0.15, -0.1) is 11.8 Å². The molecule has 0 fully saturated rings. The SMILES string of the molecule is Cc1ccc(CNc2ccc3c(SCc4ccccc4)cccc3n2)o1. The maximum Gasteiger partial charge on any atom is 0.127 e. The third-order valence-electron chi connectivity index (χ3n) is 4.17. The van der Waals surface area contributed by atoms with Crippen molar-refractivity contribution in [2.24, 2.45) is 0 Å². The number of hydrogen-bond donors (Lipinski definition) is 1. The predicted octanol–water partition coefficient (Wildman–Crippen LogP) is 6.04. The van der Waals surface area contributed by atoms with Crippen LogP contribution in [0.5, 0.6) is 0 Å². The van der Waals surface area contributed by atoms with Gasteiger partial charge in [0.05, 0.1) is 12.1 Å². The topological polar surface area (TPSA) is 38.1 Å². The fourth-order valence-corrected chi connectivity index (χ4v) is 3.86. The molecule has 0 radical (unpaired) electrons. The Bertz CT molecular complexity index is 1010. The Morgan fingerprint density at radius 2 is 1.81 bits per heavy atom. The van der Waals surface area contributed by atoms with Crippen LogP contribution >= 0.6 is 11.8 Å². The molecule has 4 rings (SSSR count). The summed E-state index contributed by atoms with van der Waals surface area (Å²) >= 11 is 1.85. The molecule has 0 saturated carbocycles. The van der Waals surface area contributed by atoms with Crippen molar-refractivity contribution in [1.82, 2.24) is 4.98 Å². The van der Waals surface area contributed by atoms with Crippen LogP contribution in [-0.4, -0.2) is 4.98 Å². The summed E-state index contributed by atoms with van der Waals surface area (Å²) in [6.07, 6.45) is 0. The molecule has 0 aliphatic rings. The molecule has 130 valence electrons. The number of hydrogen-bond acceptors (Lipinski definition) is 4. The molecule has 0 saturated heterocycles. The number of aromatic nitrogens is 1. The van der Waals surface area contributed by atoms with Crippen LogP contribution in [0.15, 0.2) is 82.1 Å². The van der Waals surface area contributed by atoms with E-state index in [1.807, 2.05) is 36.9 Å². The Kier molecular flexibility index (Phi) is 4.93. The second-order valence-corrected chi connectivity index (χ2v) is 7.18. The molecule has 2 heterocycles. The van der Waals surface area contributed by atoms with Crippen molar-refractivity contribution in [2.45, 2.75) is 24.1 Å². The van der Waals surface area contributed by atoms with Crippen LogP contribution in [0.2, 0.25) is 0 Å². The maximum atomic E-state index is 5.59. The summed E-state index contributed by atoms with van der Waals surface area (Å²) in [5, 5.41) is 4.52. The first-order chi connectivity index (χ1) is 12.8. The van der Waals surface area contributed by atoms with Gasteiger partial charge in [0.2, 0.25) is 0 Å². The Labute approximate surface area is 157 Å². The molecule has 0 spiro atoms. The number of anilines is 1. The molecule has 2 aromatic carbocycles. The number of nitrogens with one attached hydrogen (secondary N) is 1.